The van der Waals surface area contributed by atoms with Crippen molar-refractivity contribution in [3.63, 3.8) is 0 Å². The highest BCUT2D eigenvalue weighted by molar-refractivity contribution is 7.13. The van der Waals surface area contributed by atoms with Crippen molar-refractivity contribution in [2.75, 3.05) is 7.11 Å². The number of methoxy groups -OCH3 is 1. The Bertz CT molecular complexity index is 1280. The zero-order valence-corrected chi connectivity index (χ0v) is 19.3. The van der Waals surface area contributed by atoms with E-state index in [1.807, 2.05) is 36.4 Å². The third kappa shape index (κ3) is 5.69. The minimum atomic E-state index is -0.342. The molecule has 1 heterocycles. The Kier molecular flexibility index (Phi) is 7.22. The molecule has 1 N–H and O–H groups in total. The third-order valence-electron chi connectivity index (χ3n) is 4.83. The van der Waals surface area contributed by atoms with Crippen LogP contribution < -0.4 is 14.8 Å². The van der Waals surface area contributed by atoms with Gasteiger partial charge in [0.1, 0.15) is 23.1 Å². The number of benzene rings is 3. The number of rotatable bonds is 8. The van der Waals surface area contributed by atoms with Crippen LogP contribution >= 0.6 is 22.9 Å². The van der Waals surface area contributed by atoms with Crippen molar-refractivity contribution in [1.29, 1.82) is 0 Å². The molecule has 168 valence electrons. The summed E-state index contributed by atoms with van der Waals surface area (Å²) in [5, 5.41) is 5.75. The number of carbonyl (C=O) groups excluding carboxylic acids is 1. The van der Waals surface area contributed by atoms with E-state index in [0.717, 1.165) is 11.1 Å². The highest BCUT2D eigenvalue weighted by Gasteiger charge is 2.14. The molecule has 5 nitrogen and oxygen atoms in total. The first-order chi connectivity index (χ1) is 16.0. The fourth-order valence-corrected chi connectivity index (χ4v) is 4.11. The summed E-state index contributed by atoms with van der Waals surface area (Å²) in [6.45, 7) is 0.525. The second-order valence-electron chi connectivity index (χ2n) is 7.10. The van der Waals surface area contributed by atoms with E-state index in [4.69, 9.17) is 21.1 Å². The van der Waals surface area contributed by atoms with Gasteiger partial charge < -0.3 is 14.8 Å². The maximum atomic E-state index is 13.3. The first-order valence-electron chi connectivity index (χ1n) is 10.1. The average molecular weight is 483 g/mol. The van der Waals surface area contributed by atoms with Crippen LogP contribution in [0.25, 0.3) is 10.6 Å². The Morgan fingerprint density at radius 1 is 1.09 bits per heavy atom. The fourth-order valence-electron chi connectivity index (χ4n) is 3.12. The maximum absolute atomic E-state index is 13.3. The van der Waals surface area contributed by atoms with Crippen molar-refractivity contribution >= 4 is 28.8 Å². The van der Waals surface area contributed by atoms with Gasteiger partial charge in [-0.25, -0.2) is 9.37 Å². The summed E-state index contributed by atoms with van der Waals surface area (Å²) in [7, 11) is 1.56. The summed E-state index contributed by atoms with van der Waals surface area (Å²) in [6.07, 6.45) is 0. The van der Waals surface area contributed by atoms with Crippen LogP contribution in [0.2, 0.25) is 5.02 Å². The Morgan fingerprint density at radius 2 is 1.94 bits per heavy atom. The molecule has 33 heavy (non-hydrogen) atoms. The lowest BCUT2D eigenvalue weighted by atomic mass is 10.2. The molecule has 8 heteroatoms. The average Bonchev–Trinajstić information content (AvgIpc) is 3.32. The Balaban J connectivity index is 1.43. The van der Waals surface area contributed by atoms with Gasteiger partial charge in [-0.15, -0.1) is 11.3 Å². The highest BCUT2D eigenvalue weighted by Crippen LogP contribution is 2.34. The fraction of sp³-hybridized carbons (Fsp3) is 0.120. The second-order valence-corrected chi connectivity index (χ2v) is 8.36. The molecule has 0 aliphatic carbocycles. The van der Waals surface area contributed by atoms with Gasteiger partial charge in [0.05, 0.1) is 7.11 Å². The molecular formula is C25H20ClFN2O3S. The van der Waals surface area contributed by atoms with Crippen molar-refractivity contribution in [2.24, 2.45) is 0 Å². The molecule has 0 saturated heterocycles. The molecule has 0 spiro atoms. The number of hydrogen-bond acceptors (Lipinski definition) is 5. The van der Waals surface area contributed by atoms with Crippen LogP contribution in [0.3, 0.4) is 0 Å². The largest absolute Gasteiger partial charge is 0.493 e. The molecule has 0 fully saturated rings. The lowest BCUT2D eigenvalue weighted by Gasteiger charge is -2.12. The molecule has 0 radical (unpaired) electrons. The molecule has 4 aromatic rings. The maximum Gasteiger partial charge on any atom is 0.271 e. The highest BCUT2D eigenvalue weighted by atomic mass is 35.5. The van der Waals surface area contributed by atoms with E-state index >= 15 is 0 Å². The molecule has 0 unspecified atom stereocenters. The van der Waals surface area contributed by atoms with Crippen LogP contribution in [-0.4, -0.2) is 18.0 Å². The normalized spacial score (nSPS) is 10.6. The number of halogens is 2. The zero-order chi connectivity index (χ0) is 23.2. The van der Waals surface area contributed by atoms with Gasteiger partial charge >= 0.3 is 0 Å². The molecule has 0 saturated carbocycles. The smallest absolute Gasteiger partial charge is 0.271 e. The summed E-state index contributed by atoms with van der Waals surface area (Å²) in [6, 6.07) is 19.1. The number of amides is 1. The second kappa shape index (κ2) is 10.5. The van der Waals surface area contributed by atoms with E-state index in [-0.39, 0.29) is 18.3 Å². The zero-order valence-electron chi connectivity index (χ0n) is 17.7. The van der Waals surface area contributed by atoms with Gasteiger partial charge in [-0.2, -0.15) is 0 Å². The predicted molar refractivity (Wildman–Crippen MR) is 127 cm³/mol. The molecule has 0 atom stereocenters. The minimum absolute atomic E-state index is 0.217. The number of nitrogens with one attached hydrogen (secondary N) is 1. The van der Waals surface area contributed by atoms with E-state index in [1.165, 1.54) is 23.5 Å². The van der Waals surface area contributed by atoms with Gasteiger partial charge in [0.15, 0.2) is 11.5 Å². The first kappa shape index (κ1) is 22.8. The first-order valence-corrected chi connectivity index (χ1v) is 11.3. The van der Waals surface area contributed by atoms with Gasteiger partial charge in [0, 0.05) is 28.1 Å². The number of hydrogen-bond donors (Lipinski definition) is 1. The molecule has 1 amide bonds. The van der Waals surface area contributed by atoms with Gasteiger partial charge in [-0.1, -0.05) is 41.9 Å². The summed E-state index contributed by atoms with van der Waals surface area (Å²) < 4.78 is 24.7. The van der Waals surface area contributed by atoms with Crippen molar-refractivity contribution in [2.45, 2.75) is 13.2 Å². The van der Waals surface area contributed by atoms with Gasteiger partial charge in [0.2, 0.25) is 0 Å². The standard InChI is InChI=1S/C25H20ClFN2O3S/c1-31-23-12-17(9-10-22(23)32-14-18-6-2-3-8-20(18)26)25-29-21(15-33-25)24(30)28-13-16-5-4-7-19(27)11-16/h2-12,15H,13-14H2,1H3,(H,28,30). The van der Waals surface area contributed by atoms with Crippen LogP contribution in [0.4, 0.5) is 4.39 Å². The van der Waals surface area contributed by atoms with Gasteiger partial charge in [0.25, 0.3) is 5.91 Å². The van der Waals surface area contributed by atoms with Gasteiger partial charge in [-0.05, 0) is 42.0 Å². The number of carbonyl (C=O) groups is 1. The predicted octanol–water partition coefficient (Wildman–Crippen LogP) is 6.12. The summed E-state index contributed by atoms with van der Waals surface area (Å²) in [5.74, 6) is 0.456. The molecular weight excluding hydrogens is 463 g/mol. The van der Waals surface area contributed by atoms with Crippen molar-refractivity contribution in [1.82, 2.24) is 10.3 Å². The van der Waals surface area contributed by atoms with E-state index in [9.17, 15) is 9.18 Å². The van der Waals surface area contributed by atoms with Crippen LogP contribution in [0.1, 0.15) is 21.6 Å². The van der Waals surface area contributed by atoms with E-state index in [2.05, 4.69) is 10.3 Å². The molecule has 0 aliphatic rings. The molecule has 0 aliphatic heterocycles. The van der Waals surface area contributed by atoms with Crippen molar-refractivity contribution in [3.8, 4) is 22.1 Å². The monoisotopic (exact) mass is 482 g/mol. The SMILES string of the molecule is COc1cc(-c2nc(C(=O)NCc3cccc(F)c3)cs2)ccc1OCc1ccccc1Cl. The van der Waals surface area contributed by atoms with Crippen molar-refractivity contribution in [3.05, 3.63) is 99.8 Å². The van der Waals surface area contributed by atoms with Crippen molar-refractivity contribution < 1.29 is 18.7 Å². The minimum Gasteiger partial charge on any atom is -0.493 e. The van der Waals surface area contributed by atoms with E-state index in [0.29, 0.717) is 39.4 Å². The molecule has 0 bridgehead atoms. The quantitative estimate of drug-likeness (QED) is 0.328. The van der Waals surface area contributed by atoms with Crippen LogP contribution in [-0.2, 0) is 13.2 Å². The lowest BCUT2D eigenvalue weighted by molar-refractivity contribution is 0.0946. The number of ether oxygens (including phenoxy) is 2. The molecule has 1 aromatic heterocycles. The van der Waals surface area contributed by atoms with Crippen LogP contribution in [0, 0.1) is 5.82 Å². The molecule has 4 rings (SSSR count). The summed E-state index contributed by atoms with van der Waals surface area (Å²) >= 11 is 7.54. The number of nitrogens with zero attached hydrogens (tertiary/aromatic N) is 1. The Labute approximate surface area is 199 Å². The lowest BCUT2D eigenvalue weighted by Crippen LogP contribution is -2.23. The number of thiazole rings is 1. The summed E-state index contributed by atoms with van der Waals surface area (Å²) in [4.78, 5) is 16.9. The number of aromatic nitrogens is 1. The van der Waals surface area contributed by atoms with Gasteiger partial charge in [-0.3, -0.25) is 4.79 Å². The van der Waals surface area contributed by atoms with Crippen LogP contribution in [0.15, 0.2) is 72.1 Å². The Hall–Kier alpha value is -3.42. The van der Waals surface area contributed by atoms with Crippen LogP contribution in [0.5, 0.6) is 11.5 Å². The van der Waals surface area contributed by atoms with E-state index < -0.39 is 0 Å². The Morgan fingerprint density at radius 3 is 2.73 bits per heavy atom. The summed E-state index contributed by atoms with van der Waals surface area (Å²) in [5.41, 5.74) is 2.64. The van der Waals surface area contributed by atoms with E-state index in [1.54, 1.807) is 30.7 Å². The molecule has 3 aromatic carbocycles. The topological polar surface area (TPSA) is 60.5 Å². The third-order valence-corrected chi connectivity index (χ3v) is 6.09.